The quantitative estimate of drug-likeness (QED) is 0.679. The van der Waals surface area contributed by atoms with E-state index in [1.807, 2.05) is 13.0 Å². The summed E-state index contributed by atoms with van der Waals surface area (Å²) in [6.07, 6.45) is 14.9. The highest BCUT2D eigenvalue weighted by atomic mass is 16.3. The Hall–Kier alpha value is -0.560. The van der Waals surface area contributed by atoms with Crippen molar-refractivity contribution in [1.82, 2.24) is 0 Å². The van der Waals surface area contributed by atoms with Crippen molar-refractivity contribution in [2.24, 2.45) is 5.92 Å². The topological polar surface area (TPSA) is 20.2 Å². The van der Waals surface area contributed by atoms with Gasteiger partial charge in [0.2, 0.25) is 0 Å². The van der Waals surface area contributed by atoms with E-state index in [1.165, 1.54) is 6.42 Å². The number of aliphatic hydroxyl groups is 1. The maximum Gasteiger partial charge on any atom is 0.0805 e. The van der Waals surface area contributed by atoms with Gasteiger partial charge in [-0.15, -0.1) is 0 Å². The van der Waals surface area contributed by atoms with Crippen molar-refractivity contribution in [2.45, 2.75) is 51.6 Å². The molecule has 0 aliphatic heterocycles. The molecule has 0 fully saturated rings. The summed E-state index contributed by atoms with van der Waals surface area (Å²) in [4.78, 5) is 0. The summed E-state index contributed by atoms with van der Waals surface area (Å²) in [6.45, 7) is 3.95. The van der Waals surface area contributed by atoms with Crippen LogP contribution in [0.25, 0.3) is 0 Å². The summed E-state index contributed by atoms with van der Waals surface area (Å²) >= 11 is 0. The van der Waals surface area contributed by atoms with E-state index in [4.69, 9.17) is 0 Å². The van der Waals surface area contributed by atoms with Gasteiger partial charge in [0.15, 0.2) is 0 Å². The first kappa shape index (κ1) is 11.5. The van der Waals surface area contributed by atoms with Crippen LogP contribution in [-0.4, -0.2) is 10.7 Å². The highest BCUT2D eigenvalue weighted by molar-refractivity contribution is 5.00. The van der Waals surface area contributed by atoms with Crippen LogP contribution >= 0.6 is 0 Å². The monoisotopic (exact) mass is 193 g/mol. The van der Waals surface area contributed by atoms with E-state index in [1.54, 1.807) is 0 Å². The third-order valence-electron chi connectivity index (χ3n) is 2.66. The third-order valence-corrected chi connectivity index (χ3v) is 2.66. The summed E-state index contributed by atoms with van der Waals surface area (Å²) in [7, 11) is 0. The van der Waals surface area contributed by atoms with E-state index in [0.29, 0.717) is 5.92 Å². The predicted octanol–water partition coefficient (Wildman–Crippen LogP) is 3.25. The summed E-state index contributed by atoms with van der Waals surface area (Å²) in [5.41, 5.74) is -0.657. The second-order valence-corrected chi connectivity index (χ2v) is 4.40. The van der Waals surface area contributed by atoms with Gasteiger partial charge in [0.25, 0.3) is 0 Å². The molecule has 0 heterocycles. The van der Waals surface area contributed by atoms with E-state index in [9.17, 15) is 5.11 Å². The van der Waals surface area contributed by atoms with Gasteiger partial charge in [-0.05, 0) is 50.7 Å². The Morgan fingerprint density at radius 2 is 2.36 bits per heavy atom. The molecule has 1 aliphatic rings. The van der Waals surface area contributed by atoms with Gasteiger partial charge in [-0.2, -0.15) is 0 Å². The molecule has 0 spiro atoms. The van der Waals surface area contributed by atoms with Crippen LogP contribution in [0.3, 0.4) is 0 Å². The minimum absolute atomic E-state index is 0.517. The molecule has 0 aromatic carbocycles. The summed E-state index contributed by atoms with van der Waals surface area (Å²) in [5.74, 6) is 0.517. The molecule has 1 radical (unpaired) electrons. The summed E-state index contributed by atoms with van der Waals surface area (Å²) in [5, 5.41) is 9.91. The highest BCUT2D eigenvalue weighted by Gasteiger charge is 2.15. The van der Waals surface area contributed by atoms with Crippen LogP contribution in [0.1, 0.15) is 46.0 Å². The standard InChI is InChI=1S/C13H21O/c1-3-10-13(2,14)11-9-12-7-5-4-6-8-12/h4-5,11-12,14H,3,6-8,10H2,1-2H3. The number of hydrogen-bond donors (Lipinski definition) is 1. The third kappa shape index (κ3) is 4.10. The van der Waals surface area contributed by atoms with Gasteiger partial charge >= 0.3 is 0 Å². The van der Waals surface area contributed by atoms with Gasteiger partial charge in [0.05, 0.1) is 5.60 Å². The largest absolute Gasteiger partial charge is 0.386 e. The first-order valence-electron chi connectivity index (χ1n) is 5.62. The van der Waals surface area contributed by atoms with Crippen molar-refractivity contribution in [2.75, 3.05) is 0 Å². The Kier molecular flexibility index (Phi) is 4.40. The van der Waals surface area contributed by atoms with Crippen LogP contribution in [0.5, 0.6) is 0 Å². The van der Waals surface area contributed by atoms with Crippen LogP contribution < -0.4 is 0 Å². The van der Waals surface area contributed by atoms with Gasteiger partial charge in [0, 0.05) is 0 Å². The number of rotatable bonds is 4. The SMILES string of the molecule is CCCC(C)(O)C=[C]C1CC=CCC1. The van der Waals surface area contributed by atoms with Crippen LogP contribution in [-0.2, 0) is 0 Å². The minimum Gasteiger partial charge on any atom is -0.386 e. The fourth-order valence-electron chi connectivity index (χ4n) is 1.82. The molecule has 0 bridgehead atoms. The zero-order valence-electron chi connectivity index (χ0n) is 9.29. The van der Waals surface area contributed by atoms with Crippen LogP contribution in [0.4, 0.5) is 0 Å². The molecule has 0 aromatic heterocycles. The first-order chi connectivity index (χ1) is 6.64. The van der Waals surface area contributed by atoms with Crippen molar-refractivity contribution in [3.63, 3.8) is 0 Å². The lowest BCUT2D eigenvalue weighted by molar-refractivity contribution is 0.0997. The molecular formula is C13H21O. The van der Waals surface area contributed by atoms with Crippen molar-refractivity contribution in [3.05, 3.63) is 24.3 Å². The zero-order chi connectivity index (χ0) is 10.4. The second kappa shape index (κ2) is 5.35. The smallest absolute Gasteiger partial charge is 0.0805 e. The van der Waals surface area contributed by atoms with Crippen molar-refractivity contribution >= 4 is 0 Å². The van der Waals surface area contributed by atoms with Crippen molar-refractivity contribution in [3.8, 4) is 0 Å². The molecule has 2 unspecified atom stereocenters. The van der Waals surface area contributed by atoms with Crippen LogP contribution in [0, 0.1) is 12.0 Å². The van der Waals surface area contributed by atoms with Gasteiger partial charge in [0.1, 0.15) is 0 Å². The van der Waals surface area contributed by atoms with Crippen molar-refractivity contribution < 1.29 is 5.11 Å². The Morgan fingerprint density at radius 3 is 2.93 bits per heavy atom. The predicted molar refractivity (Wildman–Crippen MR) is 59.8 cm³/mol. The van der Waals surface area contributed by atoms with E-state index < -0.39 is 5.60 Å². The lowest BCUT2D eigenvalue weighted by Gasteiger charge is -2.19. The maximum atomic E-state index is 9.91. The highest BCUT2D eigenvalue weighted by Crippen LogP contribution is 2.21. The molecule has 0 saturated heterocycles. The molecule has 0 aromatic rings. The number of hydrogen-bond acceptors (Lipinski definition) is 1. The fourth-order valence-corrected chi connectivity index (χ4v) is 1.82. The van der Waals surface area contributed by atoms with Crippen molar-refractivity contribution in [1.29, 1.82) is 0 Å². The first-order valence-corrected chi connectivity index (χ1v) is 5.62. The minimum atomic E-state index is -0.657. The van der Waals surface area contributed by atoms with Gasteiger partial charge in [-0.25, -0.2) is 0 Å². The Labute approximate surface area is 87.5 Å². The van der Waals surface area contributed by atoms with E-state index in [0.717, 1.165) is 25.7 Å². The molecular weight excluding hydrogens is 172 g/mol. The molecule has 1 heteroatoms. The van der Waals surface area contributed by atoms with Gasteiger partial charge in [-0.3, -0.25) is 0 Å². The molecule has 1 rings (SSSR count). The molecule has 1 N–H and O–H groups in total. The molecule has 2 atom stereocenters. The Bertz CT molecular complexity index is 213. The number of allylic oxidation sites excluding steroid dienone is 3. The zero-order valence-corrected chi connectivity index (χ0v) is 9.29. The molecule has 1 nitrogen and oxygen atoms in total. The molecule has 0 amide bonds. The molecule has 1 aliphatic carbocycles. The van der Waals surface area contributed by atoms with Gasteiger partial charge in [-0.1, -0.05) is 25.5 Å². The van der Waals surface area contributed by atoms with Crippen LogP contribution in [0.15, 0.2) is 18.2 Å². The van der Waals surface area contributed by atoms with E-state index in [-0.39, 0.29) is 0 Å². The van der Waals surface area contributed by atoms with Gasteiger partial charge < -0.3 is 5.11 Å². The normalized spacial score (nSPS) is 26.6. The molecule has 0 saturated carbocycles. The summed E-state index contributed by atoms with van der Waals surface area (Å²) < 4.78 is 0. The average Bonchev–Trinajstić information content (AvgIpc) is 2.17. The maximum absolute atomic E-state index is 9.91. The van der Waals surface area contributed by atoms with Crippen LogP contribution in [0.2, 0.25) is 0 Å². The Balaban J connectivity index is 2.41. The van der Waals surface area contributed by atoms with E-state index >= 15 is 0 Å². The van der Waals surface area contributed by atoms with E-state index in [2.05, 4.69) is 25.2 Å². The lowest BCUT2D eigenvalue weighted by atomic mass is 9.91. The average molecular weight is 193 g/mol. The Morgan fingerprint density at radius 1 is 1.57 bits per heavy atom. The summed E-state index contributed by atoms with van der Waals surface area (Å²) in [6, 6.07) is 0. The molecule has 14 heavy (non-hydrogen) atoms. The lowest BCUT2D eigenvalue weighted by Crippen LogP contribution is -2.20. The second-order valence-electron chi connectivity index (χ2n) is 4.40. The molecule has 79 valence electrons. The fraction of sp³-hybridized carbons (Fsp3) is 0.692.